The molecule has 0 bridgehead atoms. The van der Waals surface area contributed by atoms with Crippen molar-refractivity contribution in [3.05, 3.63) is 59.1 Å². The number of aromatic nitrogens is 1. The van der Waals surface area contributed by atoms with E-state index in [1.54, 1.807) is 23.5 Å². The molecule has 9 heteroatoms. The normalized spacial score (nSPS) is 19.9. The summed E-state index contributed by atoms with van der Waals surface area (Å²) in [6.07, 6.45) is 2.91. The van der Waals surface area contributed by atoms with Gasteiger partial charge in [0.2, 0.25) is 15.9 Å². The Balaban J connectivity index is 1.22. The lowest BCUT2D eigenvalue weighted by molar-refractivity contribution is -0.132. The van der Waals surface area contributed by atoms with Crippen LogP contribution in [0.3, 0.4) is 0 Å². The molecule has 5 rings (SSSR count). The van der Waals surface area contributed by atoms with E-state index >= 15 is 0 Å². The summed E-state index contributed by atoms with van der Waals surface area (Å²) in [6, 6.07) is 15.1. The molecule has 0 aliphatic carbocycles. The lowest BCUT2D eigenvalue weighted by atomic mass is 10.1. The van der Waals surface area contributed by atoms with Crippen molar-refractivity contribution in [3.8, 4) is 0 Å². The molecule has 0 N–H and O–H groups in total. The molecular weight excluding hydrogens is 458 g/mol. The summed E-state index contributed by atoms with van der Waals surface area (Å²) in [5.41, 5.74) is 1.95. The highest BCUT2D eigenvalue weighted by atomic mass is 32.2. The SMILES string of the molecule is O=C(CCc1ccc(S(=O)(=O)N2CCOCC2)cc1)N1CCCC1c1nc2ccccc2s1. The number of hydrogen-bond donors (Lipinski definition) is 0. The molecule has 2 aliphatic heterocycles. The summed E-state index contributed by atoms with van der Waals surface area (Å²) in [7, 11) is -3.50. The summed E-state index contributed by atoms with van der Waals surface area (Å²) < 4.78 is 33.4. The van der Waals surface area contributed by atoms with Crippen LogP contribution in [-0.4, -0.2) is 61.4 Å². The topological polar surface area (TPSA) is 79.8 Å². The van der Waals surface area contributed by atoms with E-state index in [1.165, 1.54) is 4.31 Å². The predicted octanol–water partition coefficient (Wildman–Crippen LogP) is 3.61. The van der Waals surface area contributed by atoms with Crippen molar-refractivity contribution < 1.29 is 17.9 Å². The number of rotatable bonds is 6. The van der Waals surface area contributed by atoms with E-state index in [1.807, 2.05) is 35.2 Å². The summed E-state index contributed by atoms with van der Waals surface area (Å²) in [4.78, 5) is 20.1. The Morgan fingerprint density at radius 1 is 1.06 bits per heavy atom. The van der Waals surface area contributed by atoms with Crippen molar-refractivity contribution in [2.45, 2.75) is 36.6 Å². The number of nitrogens with zero attached hydrogens (tertiary/aromatic N) is 3. The Labute approximate surface area is 198 Å². The van der Waals surface area contributed by atoms with E-state index in [9.17, 15) is 13.2 Å². The van der Waals surface area contributed by atoms with Gasteiger partial charge in [0.1, 0.15) is 5.01 Å². The van der Waals surface area contributed by atoms with E-state index in [-0.39, 0.29) is 16.8 Å². The van der Waals surface area contributed by atoms with Gasteiger partial charge in [-0.3, -0.25) is 4.79 Å². The van der Waals surface area contributed by atoms with Crippen molar-refractivity contribution in [1.82, 2.24) is 14.2 Å². The number of thiazole rings is 1. The molecule has 2 saturated heterocycles. The van der Waals surface area contributed by atoms with Crippen LogP contribution in [0.2, 0.25) is 0 Å². The average Bonchev–Trinajstić information content (AvgIpc) is 3.50. The molecule has 2 aromatic carbocycles. The van der Waals surface area contributed by atoms with Crippen LogP contribution in [0.5, 0.6) is 0 Å². The second-order valence-electron chi connectivity index (χ2n) is 8.43. The first-order valence-electron chi connectivity index (χ1n) is 11.3. The van der Waals surface area contributed by atoms with E-state index in [2.05, 4.69) is 6.07 Å². The van der Waals surface area contributed by atoms with Crippen LogP contribution >= 0.6 is 11.3 Å². The van der Waals surface area contributed by atoms with Crippen LogP contribution in [0.1, 0.15) is 35.9 Å². The lowest BCUT2D eigenvalue weighted by Gasteiger charge is -2.26. The summed E-state index contributed by atoms with van der Waals surface area (Å²) in [6.45, 7) is 2.37. The van der Waals surface area contributed by atoms with Crippen LogP contribution in [0.15, 0.2) is 53.4 Å². The fourth-order valence-corrected chi connectivity index (χ4v) is 7.04. The Morgan fingerprint density at radius 3 is 2.58 bits per heavy atom. The monoisotopic (exact) mass is 485 g/mol. The highest BCUT2D eigenvalue weighted by molar-refractivity contribution is 7.89. The number of aryl methyl sites for hydroxylation is 1. The molecule has 2 aliphatic rings. The zero-order valence-electron chi connectivity index (χ0n) is 18.4. The summed E-state index contributed by atoms with van der Waals surface area (Å²) in [5, 5.41) is 1.01. The fourth-order valence-electron chi connectivity index (χ4n) is 4.51. The molecule has 7 nitrogen and oxygen atoms in total. The molecule has 3 heterocycles. The zero-order valence-corrected chi connectivity index (χ0v) is 20.0. The largest absolute Gasteiger partial charge is 0.379 e. The number of fused-ring (bicyclic) bond motifs is 1. The molecule has 1 atom stereocenters. The van der Waals surface area contributed by atoms with Crippen molar-refractivity contribution in [3.63, 3.8) is 0 Å². The van der Waals surface area contributed by atoms with Crippen molar-refractivity contribution in [1.29, 1.82) is 0 Å². The molecule has 33 heavy (non-hydrogen) atoms. The molecule has 0 spiro atoms. The van der Waals surface area contributed by atoms with Gasteiger partial charge in [-0.1, -0.05) is 24.3 Å². The first-order chi connectivity index (χ1) is 16.0. The van der Waals surface area contributed by atoms with Gasteiger partial charge in [0, 0.05) is 26.1 Å². The number of sulfonamides is 1. The highest BCUT2D eigenvalue weighted by Crippen LogP contribution is 2.36. The average molecular weight is 486 g/mol. The van der Waals surface area contributed by atoms with Gasteiger partial charge in [0.05, 0.1) is 34.4 Å². The van der Waals surface area contributed by atoms with Crippen LogP contribution in [0.25, 0.3) is 10.2 Å². The second kappa shape index (κ2) is 9.50. The van der Waals surface area contributed by atoms with Gasteiger partial charge in [-0.05, 0) is 49.1 Å². The first kappa shape index (κ1) is 22.5. The van der Waals surface area contributed by atoms with Gasteiger partial charge in [-0.25, -0.2) is 13.4 Å². The van der Waals surface area contributed by atoms with Gasteiger partial charge in [0.15, 0.2) is 0 Å². The first-order valence-corrected chi connectivity index (χ1v) is 13.6. The van der Waals surface area contributed by atoms with Gasteiger partial charge in [-0.2, -0.15) is 4.31 Å². The molecule has 0 saturated carbocycles. The van der Waals surface area contributed by atoms with Crippen molar-refractivity contribution in [2.75, 3.05) is 32.8 Å². The number of amides is 1. The third kappa shape index (κ3) is 4.68. The van der Waals surface area contributed by atoms with Crippen LogP contribution in [0, 0.1) is 0 Å². The Morgan fingerprint density at radius 2 is 1.82 bits per heavy atom. The van der Waals surface area contributed by atoms with Crippen LogP contribution in [0.4, 0.5) is 0 Å². The molecule has 0 radical (unpaired) electrons. The summed E-state index contributed by atoms with van der Waals surface area (Å²) >= 11 is 1.67. The number of hydrogen-bond acceptors (Lipinski definition) is 6. The van der Waals surface area contributed by atoms with Gasteiger partial charge in [0.25, 0.3) is 0 Å². The molecule has 174 valence electrons. The number of benzene rings is 2. The molecule has 1 unspecified atom stereocenters. The maximum Gasteiger partial charge on any atom is 0.243 e. The Hall–Kier alpha value is -2.33. The Kier molecular flexibility index (Phi) is 6.47. The number of para-hydroxylation sites is 1. The fraction of sp³-hybridized carbons (Fsp3) is 0.417. The smallest absolute Gasteiger partial charge is 0.243 e. The molecule has 2 fully saturated rings. The Bertz CT molecular complexity index is 1200. The maximum absolute atomic E-state index is 13.0. The number of likely N-dealkylation sites (tertiary alicyclic amines) is 1. The summed E-state index contributed by atoms with van der Waals surface area (Å²) in [5.74, 6) is 0.127. The standard InChI is InChI=1S/C24H27N3O4S2/c28-23(27-13-3-5-21(27)24-25-20-4-1-2-6-22(20)32-24)12-9-18-7-10-19(11-8-18)33(29,30)26-14-16-31-17-15-26/h1-2,4,6-8,10-11,21H,3,5,9,12-17H2. The van der Waals surface area contributed by atoms with Crippen LogP contribution < -0.4 is 0 Å². The minimum Gasteiger partial charge on any atom is -0.379 e. The van der Waals surface area contributed by atoms with E-state index in [4.69, 9.17) is 9.72 Å². The zero-order chi connectivity index (χ0) is 22.8. The third-order valence-corrected chi connectivity index (χ3v) is 9.38. The third-order valence-electron chi connectivity index (χ3n) is 6.33. The van der Waals surface area contributed by atoms with Crippen LogP contribution in [-0.2, 0) is 26.0 Å². The molecule has 1 aromatic heterocycles. The predicted molar refractivity (Wildman–Crippen MR) is 128 cm³/mol. The number of morpholine rings is 1. The number of carbonyl (C=O) groups is 1. The maximum atomic E-state index is 13.0. The van der Waals surface area contributed by atoms with E-state index in [0.717, 1.165) is 40.2 Å². The molecular formula is C24H27N3O4S2. The van der Waals surface area contributed by atoms with Gasteiger partial charge >= 0.3 is 0 Å². The quantitative estimate of drug-likeness (QED) is 0.533. The minimum absolute atomic E-state index is 0.0518. The molecule has 1 amide bonds. The highest BCUT2D eigenvalue weighted by Gasteiger charge is 2.32. The number of ether oxygens (including phenoxy) is 1. The number of carbonyl (C=O) groups excluding carboxylic acids is 1. The lowest BCUT2D eigenvalue weighted by Crippen LogP contribution is -2.40. The van der Waals surface area contributed by atoms with E-state index in [0.29, 0.717) is 39.1 Å². The van der Waals surface area contributed by atoms with Gasteiger partial charge in [-0.15, -0.1) is 11.3 Å². The second-order valence-corrected chi connectivity index (χ2v) is 11.4. The van der Waals surface area contributed by atoms with Gasteiger partial charge < -0.3 is 9.64 Å². The molecule has 3 aromatic rings. The van der Waals surface area contributed by atoms with Crippen molar-refractivity contribution in [2.24, 2.45) is 0 Å². The van der Waals surface area contributed by atoms with E-state index < -0.39 is 10.0 Å². The minimum atomic E-state index is -3.50. The van der Waals surface area contributed by atoms with Crippen molar-refractivity contribution >= 4 is 37.5 Å².